The van der Waals surface area contributed by atoms with Crippen LogP contribution in [0.15, 0.2) is 528 Å². The zero-order chi connectivity index (χ0) is 97.3. The Morgan fingerprint density at radius 1 is 0.121 bits per heavy atom. The quantitative estimate of drug-likeness (QED) is 0.112. The molecule has 0 aliphatic rings. The lowest BCUT2D eigenvalue weighted by Crippen LogP contribution is -2.00. The summed E-state index contributed by atoms with van der Waals surface area (Å²) in [5, 5.41) is 54.0. The summed E-state index contributed by atoms with van der Waals surface area (Å²) in [5.74, 6) is 0. The molecule has 0 saturated carbocycles. The first-order valence-corrected chi connectivity index (χ1v) is 51.8. The van der Waals surface area contributed by atoms with Crippen molar-refractivity contribution < 1.29 is 0 Å². The standard InChI is InChI=1S/C54H33N.2C46H27N/c1-2-17-35(18-3-1)47-33-48-39-21-7-11-25-43(39)54-52(51(48)40-22-8-6-20-38(40)47)46-28-14-15-29-49(46)55(54)53-44-26-12-9-23-41(44)50(42-24-10-13-27-45(42)53)37-31-30-34-16-4-5-19-36(34)32-37;1-2-11-28(12-3-1)39-27-40-35-16-5-7-18-37(35)46-45(44(40)36-17-6-4-15-34(36)39)38-19-8-9-20-41(38)47(46)33-25-31-23-21-29-13-10-14-30-22-24-32(26-33)43(31)42(29)30;1-2-11-28(12-3-1)38-27-39-33-16-5-7-18-35(33)46-45(44(39)34-17-6-4-15-32(34)38)36-19-8-9-20-40(36)47(46)41-26-24-31-22-21-29-13-10-14-30-23-25-37(41)43(31)42(29)30/h1-33H;2*1-27H. The third-order valence-corrected chi connectivity index (χ3v) is 32.8. The zero-order valence-corrected chi connectivity index (χ0v) is 81.1. The van der Waals surface area contributed by atoms with E-state index in [9.17, 15) is 0 Å². The Bertz CT molecular complexity index is 11600. The summed E-state index contributed by atoms with van der Waals surface area (Å²) in [7, 11) is 0. The van der Waals surface area contributed by atoms with Crippen molar-refractivity contribution in [3.05, 3.63) is 528 Å². The average Bonchev–Trinajstić information content (AvgIpc) is 1.51. The van der Waals surface area contributed by atoms with Gasteiger partial charge in [0, 0.05) is 86.5 Å². The molecular weight excluding hydrogens is 1800 g/mol. The number of para-hydroxylation sites is 3. The van der Waals surface area contributed by atoms with Crippen molar-refractivity contribution >= 4 is 259 Å². The minimum absolute atomic E-state index is 1.19. The third-order valence-electron chi connectivity index (χ3n) is 32.8. The molecule has 31 aromatic carbocycles. The Hall–Kier alpha value is -19.6. The molecule has 0 saturated heterocycles. The van der Waals surface area contributed by atoms with Gasteiger partial charge in [-0.2, -0.15) is 0 Å². The Kier molecular flexibility index (Phi) is 18.1. The fourth-order valence-corrected chi connectivity index (χ4v) is 26.7. The van der Waals surface area contributed by atoms with Crippen LogP contribution < -0.4 is 0 Å². The zero-order valence-electron chi connectivity index (χ0n) is 81.1. The largest absolute Gasteiger partial charge is 0.309 e. The molecule has 0 N–H and O–H groups in total. The van der Waals surface area contributed by atoms with Crippen LogP contribution >= 0.6 is 0 Å². The second-order valence-corrected chi connectivity index (χ2v) is 40.4. The molecule has 0 atom stereocenters. The lowest BCUT2D eigenvalue weighted by Gasteiger charge is -2.21. The molecule has 3 aromatic heterocycles. The molecule has 0 amide bonds. The van der Waals surface area contributed by atoms with E-state index in [1.165, 1.54) is 321 Å². The van der Waals surface area contributed by atoms with Crippen molar-refractivity contribution in [2.75, 3.05) is 0 Å². The van der Waals surface area contributed by atoms with Gasteiger partial charge in [0.2, 0.25) is 0 Å². The van der Waals surface area contributed by atoms with Crippen molar-refractivity contribution in [1.82, 2.24) is 13.7 Å². The number of fused-ring (bicyclic) bond motifs is 33. The molecule has 149 heavy (non-hydrogen) atoms. The van der Waals surface area contributed by atoms with Crippen LogP contribution in [0.5, 0.6) is 0 Å². The minimum atomic E-state index is 1.19. The summed E-state index contributed by atoms with van der Waals surface area (Å²) in [6.07, 6.45) is 0. The van der Waals surface area contributed by atoms with Crippen LogP contribution in [0.1, 0.15) is 0 Å². The minimum Gasteiger partial charge on any atom is -0.309 e. The Balaban J connectivity index is 0.0000000993. The Morgan fingerprint density at radius 3 is 0.846 bits per heavy atom. The van der Waals surface area contributed by atoms with E-state index in [0.717, 1.165) is 0 Å². The number of hydrogen-bond donors (Lipinski definition) is 0. The maximum Gasteiger partial charge on any atom is 0.0626 e. The molecule has 686 valence electrons. The lowest BCUT2D eigenvalue weighted by molar-refractivity contribution is 1.20. The van der Waals surface area contributed by atoms with Gasteiger partial charge in [-0.05, 0) is 251 Å². The number of nitrogens with zero attached hydrogens (tertiary/aromatic N) is 3. The van der Waals surface area contributed by atoms with Crippen LogP contribution in [0, 0.1) is 0 Å². The molecule has 0 aliphatic carbocycles. The highest BCUT2D eigenvalue weighted by atomic mass is 15.0. The molecule has 0 spiro atoms. The smallest absolute Gasteiger partial charge is 0.0626 e. The van der Waals surface area contributed by atoms with E-state index < -0.39 is 0 Å². The second-order valence-electron chi connectivity index (χ2n) is 40.4. The molecule has 0 bridgehead atoms. The van der Waals surface area contributed by atoms with E-state index in [0.29, 0.717) is 0 Å². The molecule has 3 heteroatoms. The molecule has 3 heterocycles. The normalized spacial score (nSPS) is 12.2. The molecule has 3 nitrogen and oxygen atoms in total. The first-order valence-electron chi connectivity index (χ1n) is 51.8. The first kappa shape index (κ1) is 82.9. The molecule has 0 aliphatic heterocycles. The maximum absolute atomic E-state index is 2.60. The lowest BCUT2D eigenvalue weighted by atomic mass is 9.88. The molecule has 34 aromatic rings. The van der Waals surface area contributed by atoms with Crippen molar-refractivity contribution in [1.29, 1.82) is 0 Å². The summed E-state index contributed by atoms with van der Waals surface area (Å²) in [4.78, 5) is 0. The topological polar surface area (TPSA) is 14.8 Å². The second kappa shape index (κ2) is 32.5. The molecule has 0 fully saturated rings. The van der Waals surface area contributed by atoms with E-state index in [2.05, 4.69) is 541 Å². The first-order chi connectivity index (χ1) is 74.0. The average molecular weight is 1880 g/mol. The predicted octanol–water partition coefficient (Wildman–Crippen LogP) is 40.7. The van der Waals surface area contributed by atoms with Gasteiger partial charge in [0.05, 0.1) is 44.5 Å². The van der Waals surface area contributed by atoms with Crippen molar-refractivity contribution in [2.45, 2.75) is 0 Å². The van der Waals surface area contributed by atoms with Crippen molar-refractivity contribution in [3.8, 4) is 61.6 Å². The van der Waals surface area contributed by atoms with Gasteiger partial charge in [0.15, 0.2) is 0 Å². The van der Waals surface area contributed by atoms with Crippen LogP contribution in [0.25, 0.3) is 321 Å². The fraction of sp³-hybridized carbons (Fsp3) is 0. The van der Waals surface area contributed by atoms with Gasteiger partial charge >= 0.3 is 0 Å². The SMILES string of the molecule is c1ccc(-c2cc3c4ccccc4c4c(c5ccccc5n4-c4c5ccccc5c(-c5ccc6ccccc6c5)c5ccccc45)c3c3ccccc23)cc1.c1ccc(-c2cc3c4ccccc4c4c(c5ccccc5n4-c4cc5ccc6cccc7ccc(c4)c5c67)c3c3ccccc23)cc1.c1ccc(-c2cc3c4ccccc4c4c(c5ccccc5n4-c4ccc5ccc6cccc7ccc4c5c67)c3c3ccccc23)cc1. The van der Waals surface area contributed by atoms with Crippen molar-refractivity contribution in [3.63, 3.8) is 0 Å². The summed E-state index contributed by atoms with van der Waals surface area (Å²) in [5.41, 5.74) is 21.1. The summed E-state index contributed by atoms with van der Waals surface area (Å²) >= 11 is 0. The van der Waals surface area contributed by atoms with Crippen LogP contribution in [-0.4, -0.2) is 13.7 Å². The Morgan fingerprint density at radius 2 is 0.409 bits per heavy atom. The van der Waals surface area contributed by atoms with Gasteiger partial charge in [-0.25, -0.2) is 0 Å². The third kappa shape index (κ3) is 12.2. The van der Waals surface area contributed by atoms with Crippen molar-refractivity contribution in [2.24, 2.45) is 0 Å². The molecule has 0 radical (unpaired) electrons. The van der Waals surface area contributed by atoms with E-state index in [-0.39, 0.29) is 0 Å². The fourth-order valence-electron chi connectivity index (χ4n) is 26.7. The summed E-state index contributed by atoms with van der Waals surface area (Å²) in [6, 6.07) is 196. The van der Waals surface area contributed by atoms with Gasteiger partial charge < -0.3 is 13.7 Å². The predicted molar refractivity (Wildman–Crippen MR) is 642 cm³/mol. The van der Waals surface area contributed by atoms with E-state index in [1.807, 2.05) is 0 Å². The van der Waals surface area contributed by atoms with Gasteiger partial charge in [0.25, 0.3) is 0 Å². The van der Waals surface area contributed by atoms with Crippen LogP contribution in [0.4, 0.5) is 0 Å². The number of aromatic nitrogens is 3. The van der Waals surface area contributed by atoms with Crippen LogP contribution in [-0.2, 0) is 0 Å². The van der Waals surface area contributed by atoms with Gasteiger partial charge in [0.1, 0.15) is 0 Å². The van der Waals surface area contributed by atoms with Gasteiger partial charge in [-0.1, -0.05) is 467 Å². The highest BCUT2D eigenvalue weighted by molar-refractivity contribution is 6.43. The number of hydrogen-bond acceptors (Lipinski definition) is 0. The van der Waals surface area contributed by atoms with Gasteiger partial charge in [-0.15, -0.1) is 0 Å². The maximum atomic E-state index is 2.60. The van der Waals surface area contributed by atoms with E-state index in [1.54, 1.807) is 0 Å². The van der Waals surface area contributed by atoms with Crippen LogP contribution in [0.3, 0.4) is 0 Å². The highest BCUT2D eigenvalue weighted by Gasteiger charge is 2.30. The monoisotopic (exact) mass is 1880 g/mol. The van der Waals surface area contributed by atoms with Gasteiger partial charge in [-0.3, -0.25) is 0 Å². The van der Waals surface area contributed by atoms with E-state index in [4.69, 9.17) is 0 Å². The summed E-state index contributed by atoms with van der Waals surface area (Å²) in [6.45, 7) is 0. The summed E-state index contributed by atoms with van der Waals surface area (Å²) < 4.78 is 7.68. The highest BCUT2D eigenvalue weighted by Crippen LogP contribution is 2.56. The molecular formula is C146H87N3. The van der Waals surface area contributed by atoms with Crippen LogP contribution in [0.2, 0.25) is 0 Å². The number of benzene rings is 31. The number of rotatable bonds is 7. The Labute approximate surface area is 856 Å². The van der Waals surface area contributed by atoms with E-state index >= 15 is 0 Å². The molecule has 34 rings (SSSR count). The molecule has 0 unspecified atom stereocenters.